The second-order valence-electron chi connectivity index (χ2n) is 6.25. The molecular weight excluding hydrogens is 399 g/mol. The van der Waals surface area contributed by atoms with E-state index in [1.807, 2.05) is 6.92 Å². The van der Waals surface area contributed by atoms with Gasteiger partial charge in [0, 0.05) is 18.7 Å². The molecule has 0 radical (unpaired) electrons. The van der Waals surface area contributed by atoms with Gasteiger partial charge in [0.25, 0.3) is 5.91 Å². The van der Waals surface area contributed by atoms with E-state index in [2.05, 4.69) is 10.6 Å². The number of rotatable bonds is 10. The molecule has 0 spiro atoms. The molecule has 0 aromatic heterocycles. The Morgan fingerprint density at radius 3 is 2.45 bits per heavy atom. The van der Waals surface area contributed by atoms with E-state index in [9.17, 15) is 14.0 Å². The highest BCUT2D eigenvalue weighted by atomic mass is 35.5. The predicted molar refractivity (Wildman–Crippen MR) is 109 cm³/mol. The Labute approximate surface area is 174 Å². The first-order chi connectivity index (χ1) is 13.9. The van der Waals surface area contributed by atoms with Crippen LogP contribution in [-0.2, 0) is 11.2 Å². The smallest absolute Gasteiger partial charge is 0.251 e. The van der Waals surface area contributed by atoms with Gasteiger partial charge in [-0.05, 0) is 36.2 Å². The van der Waals surface area contributed by atoms with E-state index in [4.69, 9.17) is 21.1 Å². The number of hydrogen-bond donors (Lipinski definition) is 2. The van der Waals surface area contributed by atoms with Crippen molar-refractivity contribution in [1.29, 1.82) is 0 Å². The highest BCUT2D eigenvalue weighted by Gasteiger charge is 2.15. The molecule has 0 heterocycles. The number of hydrogen-bond acceptors (Lipinski definition) is 4. The second kappa shape index (κ2) is 11.3. The Bertz CT molecular complexity index is 843. The summed E-state index contributed by atoms with van der Waals surface area (Å²) in [7, 11) is 1.48. The zero-order valence-electron chi connectivity index (χ0n) is 16.4. The quantitative estimate of drug-likeness (QED) is 0.575. The van der Waals surface area contributed by atoms with Gasteiger partial charge >= 0.3 is 0 Å². The maximum Gasteiger partial charge on any atom is 0.251 e. The summed E-state index contributed by atoms with van der Waals surface area (Å²) >= 11 is 6.22. The van der Waals surface area contributed by atoms with Crippen molar-refractivity contribution >= 4 is 23.4 Å². The van der Waals surface area contributed by atoms with Gasteiger partial charge in [0.1, 0.15) is 5.82 Å². The minimum absolute atomic E-state index is 0.139. The number of halogens is 2. The second-order valence-corrected chi connectivity index (χ2v) is 6.65. The molecule has 0 unspecified atom stereocenters. The Hall–Kier alpha value is -2.80. The Balaban J connectivity index is 1.83. The van der Waals surface area contributed by atoms with Crippen LogP contribution < -0.4 is 20.1 Å². The minimum atomic E-state index is -0.349. The van der Waals surface area contributed by atoms with E-state index >= 15 is 0 Å². The zero-order chi connectivity index (χ0) is 21.2. The summed E-state index contributed by atoms with van der Waals surface area (Å²) in [5, 5.41) is 5.70. The molecule has 2 aromatic rings. The third-order valence-electron chi connectivity index (χ3n) is 3.95. The van der Waals surface area contributed by atoms with Crippen LogP contribution in [0.2, 0.25) is 5.02 Å². The van der Waals surface area contributed by atoms with Gasteiger partial charge in [0.15, 0.2) is 11.5 Å². The van der Waals surface area contributed by atoms with Gasteiger partial charge in [0.2, 0.25) is 5.91 Å². The van der Waals surface area contributed by atoms with Crippen LogP contribution in [0.5, 0.6) is 11.5 Å². The normalized spacial score (nSPS) is 10.3. The highest BCUT2D eigenvalue weighted by molar-refractivity contribution is 6.32. The lowest BCUT2D eigenvalue weighted by atomic mass is 10.1. The van der Waals surface area contributed by atoms with Crippen molar-refractivity contribution in [2.75, 3.05) is 26.8 Å². The summed E-state index contributed by atoms with van der Waals surface area (Å²) in [5.74, 6) is -0.129. The third kappa shape index (κ3) is 6.94. The molecule has 0 atom stereocenters. The van der Waals surface area contributed by atoms with E-state index in [1.165, 1.54) is 25.3 Å². The summed E-state index contributed by atoms with van der Waals surface area (Å²) in [6.45, 7) is 2.95. The van der Waals surface area contributed by atoms with Gasteiger partial charge in [-0.2, -0.15) is 0 Å². The average Bonchev–Trinajstić information content (AvgIpc) is 2.71. The van der Waals surface area contributed by atoms with Crippen molar-refractivity contribution in [2.45, 2.75) is 19.8 Å². The van der Waals surface area contributed by atoms with Crippen LogP contribution in [0.4, 0.5) is 4.39 Å². The average molecular weight is 423 g/mol. The lowest BCUT2D eigenvalue weighted by molar-refractivity contribution is -0.120. The number of methoxy groups -OCH3 is 1. The number of carbonyl (C=O) groups excluding carboxylic acids is 2. The molecule has 156 valence electrons. The SMILES string of the molecule is CCCOc1c(Cl)cc(C(=O)NCCNC(=O)Cc2ccc(F)cc2)cc1OC. The van der Waals surface area contributed by atoms with Crippen molar-refractivity contribution in [2.24, 2.45) is 0 Å². The van der Waals surface area contributed by atoms with Gasteiger partial charge in [-0.3, -0.25) is 9.59 Å². The van der Waals surface area contributed by atoms with Crippen LogP contribution in [0, 0.1) is 5.82 Å². The Morgan fingerprint density at radius 1 is 1.10 bits per heavy atom. The molecule has 0 fully saturated rings. The first-order valence-corrected chi connectivity index (χ1v) is 9.62. The molecule has 8 heteroatoms. The van der Waals surface area contributed by atoms with Gasteiger partial charge in [-0.25, -0.2) is 4.39 Å². The number of carbonyl (C=O) groups is 2. The van der Waals surface area contributed by atoms with Gasteiger partial charge < -0.3 is 20.1 Å². The van der Waals surface area contributed by atoms with Crippen LogP contribution in [0.1, 0.15) is 29.3 Å². The van der Waals surface area contributed by atoms with Gasteiger partial charge in [-0.1, -0.05) is 30.7 Å². The number of ether oxygens (including phenoxy) is 2. The van der Waals surface area contributed by atoms with Crippen LogP contribution in [0.3, 0.4) is 0 Å². The van der Waals surface area contributed by atoms with Crippen molar-refractivity contribution in [1.82, 2.24) is 10.6 Å². The van der Waals surface area contributed by atoms with E-state index < -0.39 is 0 Å². The van der Waals surface area contributed by atoms with E-state index in [1.54, 1.807) is 18.2 Å². The number of nitrogens with one attached hydrogen (secondary N) is 2. The molecule has 0 saturated carbocycles. The number of benzene rings is 2. The first-order valence-electron chi connectivity index (χ1n) is 9.24. The van der Waals surface area contributed by atoms with Crippen LogP contribution in [-0.4, -0.2) is 38.6 Å². The molecule has 0 bridgehead atoms. The third-order valence-corrected chi connectivity index (χ3v) is 4.23. The summed E-state index contributed by atoms with van der Waals surface area (Å²) in [4.78, 5) is 24.2. The van der Waals surface area contributed by atoms with Crippen molar-refractivity contribution in [3.8, 4) is 11.5 Å². The standard InChI is InChI=1S/C21H24ClFN2O4/c1-3-10-29-20-17(22)12-15(13-18(20)28-2)21(27)25-9-8-24-19(26)11-14-4-6-16(23)7-5-14/h4-7,12-13H,3,8-11H2,1-2H3,(H,24,26)(H,25,27). The van der Waals surface area contributed by atoms with Gasteiger partial charge in [0.05, 0.1) is 25.2 Å². The maximum atomic E-state index is 12.9. The van der Waals surface area contributed by atoms with E-state index in [-0.39, 0.29) is 42.2 Å². The summed E-state index contributed by atoms with van der Waals surface area (Å²) < 4.78 is 23.7. The molecule has 2 aromatic carbocycles. The van der Waals surface area contributed by atoms with E-state index in [0.29, 0.717) is 29.2 Å². The van der Waals surface area contributed by atoms with Crippen molar-refractivity contribution < 1.29 is 23.5 Å². The van der Waals surface area contributed by atoms with Crippen LogP contribution in [0.15, 0.2) is 36.4 Å². The summed E-state index contributed by atoms with van der Waals surface area (Å²) in [6, 6.07) is 8.79. The molecular formula is C21H24ClFN2O4. The molecule has 0 aliphatic carbocycles. The lowest BCUT2D eigenvalue weighted by Crippen LogP contribution is -2.35. The molecule has 6 nitrogen and oxygen atoms in total. The Morgan fingerprint density at radius 2 is 1.79 bits per heavy atom. The molecule has 2 rings (SSSR count). The monoisotopic (exact) mass is 422 g/mol. The Kier molecular flexibility index (Phi) is 8.73. The van der Waals surface area contributed by atoms with Gasteiger partial charge in [-0.15, -0.1) is 0 Å². The van der Waals surface area contributed by atoms with E-state index in [0.717, 1.165) is 6.42 Å². The topological polar surface area (TPSA) is 76.7 Å². The lowest BCUT2D eigenvalue weighted by Gasteiger charge is -2.14. The molecule has 0 saturated heterocycles. The highest BCUT2D eigenvalue weighted by Crippen LogP contribution is 2.36. The number of amides is 2. The van der Waals surface area contributed by atoms with Crippen molar-refractivity contribution in [3.05, 3.63) is 58.4 Å². The summed E-state index contributed by atoms with van der Waals surface area (Å²) in [5.41, 5.74) is 1.04. The minimum Gasteiger partial charge on any atom is -0.493 e. The molecule has 2 N–H and O–H groups in total. The summed E-state index contributed by atoms with van der Waals surface area (Å²) in [6.07, 6.45) is 0.953. The largest absolute Gasteiger partial charge is 0.493 e. The molecule has 2 amide bonds. The molecule has 0 aliphatic rings. The fraction of sp³-hybridized carbons (Fsp3) is 0.333. The van der Waals surface area contributed by atoms with Crippen LogP contribution >= 0.6 is 11.6 Å². The van der Waals surface area contributed by atoms with Crippen LogP contribution in [0.25, 0.3) is 0 Å². The maximum absolute atomic E-state index is 12.9. The van der Waals surface area contributed by atoms with Crippen molar-refractivity contribution in [3.63, 3.8) is 0 Å². The fourth-order valence-corrected chi connectivity index (χ4v) is 2.79. The molecule has 29 heavy (non-hydrogen) atoms. The predicted octanol–water partition coefficient (Wildman–Crippen LogP) is 3.37. The molecule has 0 aliphatic heterocycles. The first kappa shape index (κ1) is 22.5. The fourth-order valence-electron chi connectivity index (χ4n) is 2.53. The zero-order valence-corrected chi connectivity index (χ0v) is 17.1.